The fourth-order valence-corrected chi connectivity index (χ4v) is 2.80. The van der Waals surface area contributed by atoms with E-state index in [0.29, 0.717) is 12.5 Å². The minimum atomic E-state index is -0.196. The fourth-order valence-electron chi connectivity index (χ4n) is 2.80. The molecule has 0 radical (unpaired) electrons. The predicted molar refractivity (Wildman–Crippen MR) is 60.7 cm³/mol. The van der Waals surface area contributed by atoms with Gasteiger partial charge in [0.1, 0.15) is 23.8 Å². The van der Waals surface area contributed by atoms with E-state index in [0.717, 1.165) is 18.4 Å². The van der Waals surface area contributed by atoms with Gasteiger partial charge in [-0.3, -0.25) is 0 Å². The first-order chi connectivity index (χ1) is 8.22. The number of fused-ring (bicyclic) bond motifs is 2. The Hall–Kier alpha value is -1.36. The monoisotopic (exact) mass is 232 g/mol. The van der Waals surface area contributed by atoms with Crippen LogP contribution in [0, 0.1) is 28.6 Å². The van der Waals surface area contributed by atoms with E-state index in [2.05, 4.69) is 6.92 Å². The van der Waals surface area contributed by atoms with Crippen LogP contribution in [-0.4, -0.2) is 24.9 Å². The summed E-state index contributed by atoms with van der Waals surface area (Å²) in [5.74, 6) is 0.330. The summed E-state index contributed by atoms with van der Waals surface area (Å²) in [6.07, 6.45) is 1.65. The lowest BCUT2D eigenvalue weighted by molar-refractivity contribution is -0.0149. The van der Waals surface area contributed by atoms with Gasteiger partial charge >= 0.3 is 0 Å². The van der Waals surface area contributed by atoms with Crippen LogP contribution >= 0.6 is 0 Å². The van der Waals surface area contributed by atoms with Gasteiger partial charge in [0.15, 0.2) is 0 Å². The summed E-state index contributed by atoms with van der Waals surface area (Å²) in [6, 6.07) is 3.93. The molecule has 0 saturated carbocycles. The maximum absolute atomic E-state index is 8.96. The molecule has 2 fully saturated rings. The second kappa shape index (κ2) is 4.87. The van der Waals surface area contributed by atoms with Gasteiger partial charge < -0.3 is 9.47 Å². The summed E-state index contributed by atoms with van der Waals surface area (Å²) in [6.45, 7) is 4.70. The van der Waals surface area contributed by atoms with E-state index < -0.39 is 0 Å². The molecule has 2 bridgehead atoms. The van der Waals surface area contributed by atoms with Gasteiger partial charge in [0.05, 0.1) is 12.2 Å². The number of rotatable bonds is 2. The molecular formula is C13H16N2O2. The van der Waals surface area contributed by atoms with Crippen molar-refractivity contribution in [3.8, 4) is 12.1 Å². The summed E-state index contributed by atoms with van der Waals surface area (Å²) in [5, 5.41) is 17.9. The number of allylic oxidation sites excluding steroid dienone is 1. The van der Waals surface area contributed by atoms with Crippen LogP contribution in [0.2, 0.25) is 0 Å². The SMILES string of the molecule is CCO[C@H]1[C@@H](C)[C@H]2CCC(=C(C#N)C#N)[C@@H]1O2. The Morgan fingerprint density at radius 2 is 2.18 bits per heavy atom. The summed E-state index contributed by atoms with van der Waals surface area (Å²) in [7, 11) is 0. The summed E-state index contributed by atoms with van der Waals surface area (Å²) in [4.78, 5) is 0. The molecular weight excluding hydrogens is 216 g/mol. The van der Waals surface area contributed by atoms with Crippen molar-refractivity contribution >= 4 is 0 Å². The number of nitrogens with zero attached hydrogens (tertiary/aromatic N) is 2. The van der Waals surface area contributed by atoms with Crippen molar-refractivity contribution < 1.29 is 9.47 Å². The van der Waals surface area contributed by atoms with Gasteiger partial charge in [-0.1, -0.05) is 6.92 Å². The first-order valence-corrected chi connectivity index (χ1v) is 6.03. The average molecular weight is 232 g/mol. The smallest absolute Gasteiger partial charge is 0.131 e. The topological polar surface area (TPSA) is 66.0 Å². The molecule has 2 saturated heterocycles. The van der Waals surface area contributed by atoms with Crippen LogP contribution in [0.5, 0.6) is 0 Å². The number of hydrogen-bond donors (Lipinski definition) is 0. The van der Waals surface area contributed by atoms with Crippen LogP contribution in [0.3, 0.4) is 0 Å². The Labute approximate surface area is 101 Å². The zero-order valence-corrected chi connectivity index (χ0v) is 10.1. The minimum Gasteiger partial charge on any atom is -0.375 e. The van der Waals surface area contributed by atoms with Crippen LogP contribution in [0.1, 0.15) is 26.7 Å². The van der Waals surface area contributed by atoms with Gasteiger partial charge in [0.25, 0.3) is 0 Å². The Kier molecular flexibility index (Phi) is 3.47. The molecule has 0 aromatic carbocycles. The Morgan fingerprint density at radius 1 is 1.47 bits per heavy atom. The van der Waals surface area contributed by atoms with E-state index in [1.54, 1.807) is 0 Å². The van der Waals surface area contributed by atoms with Crippen molar-refractivity contribution in [3.63, 3.8) is 0 Å². The summed E-state index contributed by atoms with van der Waals surface area (Å²) < 4.78 is 11.6. The standard InChI is InChI=1S/C13H16N2O2/c1-3-16-12-8(2)11-5-4-10(13(12)17-11)9(6-14)7-15/h8,11-13H,3-5H2,1-2H3/t8-,11+,12-,13-/m0/s1. The molecule has 4 nitrogen and oxygen atoms in total. The Bertz CT molecular complexity index is 400. The van der Waals surface area contributed by atoms with Gasteiger partial charge in [-0.15, -0.1) is 0 Å². The van der Waals surface area contributed by atoms with Crippen molar-refractivity contribution in [1.29, 1.82) is 10.5 Å². The van der Waals surface area contributed by atoms with E-state index in [9.17, 15) is 0 Å². The van der Waals surface area contributed by atoms with Crippen LogP contribution in [0.25, 0.3) is 0 Å². The second-order valence-corrected chi connectivity index (χ2v) is 4.54. The van der Waals surface area contributed by atoms with Crippen LogP contribution in [0.15, 0.2) is 11.1 Å². The highest BCUT2D eigenvalue weighted by Gasteiger charge is 2.47. The van der Waals surface area contributed by atoms with Gasteiger partial charge in [-0.25, -0.2) is 0 Å². The first kappa shape index (κ1) is 12.1. The van der Waals surface area contributed by atoms with E-state index in [-0.39, 0.29) is 23.9 Å². The molecule has 0 unspecified atom stereocenters. The molecule has 0 N–H and O–H groups in total. The van der Waals surface area contributed by atoms with Gasteiger partial charge in [-0.2, -0.15) is 10.5 Å². The molecule has 0 spiro atoms. The largest absolute Gasteiger partial charge is 0.375 e. The van der Waals surface area contributed by atoms with Crippen LogP contribution < -0.4 is 0 Å². The van der Waals surface area contributed by atoms with Crippen LogP contribution in [-0.2, 0) is 9.47 Å². The summed E-state index contributed by atoms with van der Waals surface area (Å²) in [5.41, 5.74) is 1.03. The zero-order chi connectivity index (χ0) is 12.4. The molecule has 0 aromatic heterocycles. The third-order valence-electron chi connectivity index (χ3n) is 3.67. The molecule has 2 aliphatic rings. The summed E-state index contributed by atoms with van der Waals surface area (Å²) >= 11 is 0. The third kappa shape index (κ3) is 1.95. The predicted octanol–water partition coefficient (Wildman–Crippen LogP) is 1.93. The number of hydrogen-bond acceptors (Lipinski definition) is 4. The fraction of sp³-hybridized carbons (Fsp3) is 0.692. The highest BCUT2D eigenvalue weighted by Crippen LogP contribution is 2.42. The van der Waals surface area contributed by atoms with Crippen molar-refractivity contribution in [1.82, 2.24) is 0 Å². The van der Waals surface area contributed by atoms with Crippen molar-refractivity contribution in [3.05, 3.63) is 11.1 Å². The molecule has 0 amide bonds. The lowest BCUT2D eigenvalue weighted by Gasteiger charge is -2.25. The molecule has 0 aliphatic carbocycles. The molecule has 17 heavy (non-hydrogen) atoms. The maximum Gasteiger partial charge on any atom is 0.131 e. The van der Waals surface area contributed by atoms with E-state index >= 15 is 0 Å². The molecule has 2 heterocycles. The average Bonchev–Trinajstić information content (AvgIpc) is 2.59. The minimum absolute atomic E-state index is 0.0146. The highest BCUT2D eigenvalue weighted by molar-refractivity contribution is 5.43. The van der Waals surface area contributed by atoms with Gasteiger partial charge in [0.2, 0.25) is 0 Å². The normalized spacial score (nSPS) is 35.2. The lowest BCUT2D eigenvalue weighted by Crippen LogP contribution is -2.30. The van der Waals surface area contributed by atoms with Crippen molar-refractivity contribution in [2.24, 2.45) is 5.92 Å². The molecule has 2 rings (SSSR count). The molecule has 2 aliphatic heterocycles. The van der Waals surface area contributed by atoms with Gasteiger partial charge in [0, 0.05) is 12.5 Å². The zero-order valence-electron chi connectivity index (χ0n) is 10.1. The molecule has 90 valence electrons. The first-order valence-electron chi connectivity index (χ1n) is 6.03. The number of ether oxygens (including phenoxy) is 2. The molecule has 0 aromatic rings. The molecule has 4 atom stereocenters. The van der Waals surface area contributed by atoms with E-state index in [1.807, 2.05) is 19.1 Å². The highest BCUT2D eigenvalue weighted by atomic mass is 16.6. The van der Waals surface area contributed by atoms with Crippen LogP contribution in [0.4, 0.5) is 0 Å². The van der Waals surface area contributed by atoms with Crippen molar-refractivity contribution in [2.75, 3.05) is 6.61 Å². The molecule has 4 heteroatoms. The number of nitriles is 2. The quantitative estimate of drug-likeness (QED) is 0.682. The second-order valence-electron chi connectivity index (χ2n) is 4.54. The Balaban J connectivity index is 2.33. The maximum atomic E-state index is 8.96. The van der Waals surface area contributed by atoms with Crippen molar-refractivity contribution in [2.45, 2.75) is 45.0 Å². The van der Waals surface area contributed by atoms with Gasteiger partial charge in [-0.05, 0) is 25.3 Å². The third-order valence-corrected chi connectivity index (χ3v) is 3.67. The van der Waals surface area contributed by atoms with E-state index in [1.165, 1.54) is 0 Å². The lowest BCUT2D eigenvalue weighted by atomic mass is 9.96. The Morgan fingerprint density at radius 3 is 2.76 bits per heavy atom. The van der Waals surface area contributed by atoms with E-state index in [4.69, 9.17) is 20.0 Å².